The van der Waals surface area contributed by atoms with E-state index in [0.717, 1.165) is 15.6 Å². The van der Waals surface area contributed by atoms with Gasteiger partial charge in [-0.15, -0.1) is 0 Å². The van der Waals surface area contributed by atoms with Crippen molar-refractivity contribution in [3.63, 3.8) is 0 Å². The number of aryl methyl sites for hydroxylation is 1. The number of hydrogen-bond acceptors (Lipinski definition) is 3. The first-order valence-corrected chi connectivity index (χ1v) is 7.69. The lowest BCUT2D eigenvalue weighted by Gasteiger charge is -2.07. The van der Waals surface area contributed by atoms with Crippen molar-refractivity contribution in [1.82, 2.24) is 5.43 Å². The van der Waals surface area contributed by atoms with Crippen LogP contribution in [0.2, 0.25) is 5.02 Å². The van der Waals surface area contributed by atoms with Crippen LogP contribution < -0.4 is 10.2 Å². The van der Waals surface area contributed by atoms with Crippen molar-refractivity contribution in [3.05, 3.63) is 63.1 Å². The topological polar surface area (TPSA) is 50.7 Å². The fraction of sp³-hybridized carbons (Fsp3) is 0.125. The van der Waals surface area contributed by atoms with Gasteiger partial charge in [-0.05, 0) is 36.2 Å². The molecular formula is C16H14BrClN2O2. The summed E-state index contributed by atoms with van der Waals surface area (Å²) in [6.07, 6.45) is 1.60. The molecule has 4 nitrogen and oxygen atoms in total. The van der Waals surface area contributed by atoms with E-state index in [0.29, 0.717) is 10.8 Å². The first-order valence-electron chi connectivity index (χ1n) is 6.51. The molecule has 0 bridgehead atoms. The largest absolute Gasteiger partial charge is 0.482 e. The Kier molecular flexibility index (Phi) is 5.98. The third-order valence-corrected chi connectivity index (χ3v) is 3.62. The molecular weight excluding hydrogens is 368 g/mol. The molecule has 0 spiro atoms. The minimum absolute atomic E-state index is 0.160. The zero-order valence-corrected chi connectivity index (χ0v) is 14.2. The Bertz CT molecular complexity index is 704. The summed E-state index contributed by atoms with van der Waals surface area (Å²) in [5.41, 5.74) is 4.44. The number of halogens is 2. The number of amides is 1. The molecule has 6 heteroatoms. The summed E-state index contributed by atoms with van der Waals surface area (Å²) in [6.45, 7) is 1.81. The molecule has 1 N–H and O–H groups in total. The lowest BCUT2D eigenvalue weighted by molar-refractivity contribution is -0.123. The molecule has 1 amide bonds. The summed E-state index contributed by atoms with van der Waals surface area (Å²) >= 11 is 9.30. The molecule has 0 aliphatic carbocycles. The molecule has 0 radical (unpaired) electrons. The van der Waals surface area contributed by atoms with Crippen molar-refractivity contribution in [1.29, 1.82) is 0 Å². The van der Waals surface area contributed by atoms with Gasteiger partial charge in [0.15, 0.2) is 6.61 Å². The van der Waals surface area contributed by atoms with Crippen LogP contribution in [0, 0.1) is 6.92 Å². The number of nitrogens with one attached hydrogen (secondary N) is 1. The molecule has 114 valence electrons. The van der Waals surface area contributed by atoms with Gasteiger partial charge in [-0.25, -0.2) is 5.43 Å². The Labute approximate surface area is 142 Å². The number of hydrazone groups is 1. The molecule has 0 fully saturated rings. The third-order valence-electron chi connectivity index (χ3n) is 2.83. The Morgan fingerprint density at radius 3 is 2.86 bits per heavy atom. The number of carbonyl (C=O) groups excluding carboxylic acids is 1. The minimum atomic E-state index is -0.358. The van der Waals surface area contributed by atoms with Crippen LogP contribution in [-0.4, -0.2) is 18.7 Å². The summed E-state index contributed by atoms with van der Waals surface area (Å²) in [6, 6.07) is 12.9. The van der Waals surface area contributed by atoms with Crippen LogP contribution in [0.3, 0.4) is 0 Å². The molecule has 0 unspecified atom stereocenters. The van der Waals surface area contributed by atoms with Gasteiger partial charge in [0, 0.05) is 4.47 Å². The maximum Gasteiger partial charge on any atom is 0.277 e. The molecule has 0 saturated carbocycles. The van der Waals surface area contributed by atoms with E-state index < -0.39 is 0 Å². The highest BCUT2D eigenvalue weighted by atomic mass is 79.9. The summed E-state index contributed by atoms with van der Waals surface area (Å²) in [7, 11) is 0. The molecule has 2 aromatic rings. The van der Waals surface area contributed by atoms with Crippen molar-refractivity contribution in [2.24, 2.45) is 5.10 Å². The van der Waals surface area contributed by atoms with E-state index in [2.05, 4.69) is 26.5 Å². The Morgan fingerprint density at radius 1 is 1.36 bits per heavy atom. The zero-order valence-electron chi connectivity index (χ0n) is 11.8. The van der Waals surface area contributed by atoms with Gasteiger partial charge in [0.05, 0.1) is 11.2 Å². The molecule has 2 rings (SSSR count). The Balaban J connectivity index is 1.84. The second-order valence-electron chi connectivity index (χ2n) is 4.51. The third kappa shape index (κ3) is 4.86. The number of ether oxygens (including phenoxy) is 1. The van der Waals surface area contributed by atoms with E-state index in [9.17, 15) is 4.79 Å². The fourth-order valence-electron chi connectivity index (χ4n) is 1.67. The van der Waals surface area contributed by atoms with E-state index >= 15 is 0 Å². The highest BCUT2D eigenvalue weighted by Crippen LogP contribution is 2.27. The number of nitrogens with zero attached hydrogens (tertiary/aromatic N) is 1. The van der Waals surface area contributed by atoms with Crippen molar-refractivity contribution >= 4 is 39.7 Å². The smallest absolute Gasteiger partial charge is 0.277 e. The van der Waals surface area contributed by atoms with E-state index in [4.69, 9.17) is 16.3 Å². The van der Waals surface area contributed by atoms with Crippen molar-refractivity contribution in [3.8, 4) is 5.75 Å². The second kappa shape index (κ2) is 7.96. The molecule has 2 aromatic carbocycles. The average molecular weight is 382 g/mol. The highest BCUT2D eigenvalue weighted by molar-refractivity contribution is 9.10. The van der Waals surface area contributed by atoms with Gasteiger partial charge in [-0.2, -0.15) is 5.10 Å². The first-order chi connectivity index (χ1) is 10.6. The van der Waals surface area contributed by atoms with Crippen molar-refractivity contribution in [2.75, 3.05) is 6.61 Å². The van der Waals surface area contributed by atoms with Crippen LogP contribution in [0.25, 0.3) is 0 Å². The predicted octanol–water partition coefficient (Wildman–Crippen LogP) is 3.94. The summed E-state index contributed by atoms with van der Waals surface area (Å²) in [5, 5.41) is 4.34. The van der Waals surface area contributed by atoms with E-state index in [1.54, 1.807) is 24.4 Å². The predicted molar refractivity (Wildman–Crippen MR) is 91.6 cm³/mol. The first kappa shape index (κ1) is 16.5. The van der Waals surface area contributed by atoms with Crippen molar-refractivity contribution in [2.45, 2.75) is 6.92 Å². The van der Waals surface area contributed by atoms with E-state index in [1.807, 2.05) is 31.2 Å². The molecule has 0 atom stereocenters. The SMILES string of the molecule is Cc1ccccc1C=NNC(=O)COc1ccc(Br)cc1Cl. The lowest BCUT2D eigenvalue weighted by atomic mass is 10.1. The molecule has 0 saturated heterocycles. The zero-order chi connectivity index (χ0) is 15.9. The van der Waals surface area contributed by atoms with Crippen LogP contribution in [-0.2, 0) is 4.79 Å². The van der Waals surface area contributed by atoms with Gasteiger partial charge in [0.25, 0.3) is 5.91 Å². The van der Waals surface area contributed by atoms with Crippen LogP contribution in [0.4, 0.5) is 0 Å². The van der Waals surface area contributed by atoms with Crippen LogP contribution in [0.5, 0.6) is 5.75 Å². The fourth-order valence-corrected chi connectivity index (χ4v) is 2.40. The number of rotatable bonds is 5. The molecule has 0 heterocycles. The average Bonchev–Trinajstić information content (AvgIpc) is 2.48. The number of hydrogen-bond donors (Lipinski definition) is 1. The van der Waals surface area contributed by atoms with E-state index in [1.165, 1.54) is 0 Å². The minimum Gasteiger partial charge on any atom is -0.482 e. The van der Waals surface area contributed by atoms with Gasteiger partial charge < -0.3 is 4.74 Å². The second-order valence-corrected chi connectivity index (χ2v) is 5.84. The maximum atomic E-state index is 11.7. The van der Waals surface area contributed by atoms with Gasteiger partial charge in [0.2, 0.25) is 0 Å². The standard InChI is InChI=1S/C16H14BrClN2O2/c1-11-4-2-3-5-12(11)9-19-20-16(21)10-22-15-7-6-13(17)8-14(15)18/h2-9H,10H2,1H3,(H,20,21). The number of carbonyl (C=O) groups is 1. The van der Waals surface area contributed by atoms with Crippen molar-refractivity contribution < 1.29 is 9.53 Å². The van der Waals surface area contributed by atoms with Gasteiger partial charge in [-0.1, -0.05) is 51.8 Å². The van der Waals surface area contributed by atoms with Crippen LogP contribution >= 0.6 is 27.5 Å². The molecule has 22 heavy (non-hydrogen) atoms. The van der Waals surface area contributed by atoms with Gasteiger partial charge in [0.1, 0.15) is 5.75 Å². The highest BCUT2D eigenvalue weighted by Gasteiger charge is 2.05. The Hall–Kier alpha value is -1.85. The van der Waals surface area contributed by atoms with Gasteiger partial charge >= 0.3 is 0 Å². The lowest BCUT2D eigenvalue weighted by Crippen LogP contribution is -2.24. The van der Waals surface area contributed by atoms with Crippen LogP contribution in [0.1, 0.15) is 11.1 Å². The summed E-state index contributed by atoms with van der Waals surface area (Å²) in [5.74, 6) is 0.0896. The maximum absolute atomic E-state index is 11.7. The Morgan fingerprint density at radius 2 is 2.14 bits per heavy atom. The van der Waals surface area contributed by atoms with E-state index in [-0.39, 0.29) is 12.5 Å². The number of benzene rings is 2. The molecule has 0 aromatic heterocycles. The molecule has 0 aliphatic heterocycles. The van der Waals surface area contributed by atoms with Gasteiger partial charge in [-0.3, -0.25) is 4.79 Å². The summed E-state index contributed by atoms with van der Waals surface area (Å²) < 4.78 is 6.19. The molecule has 0 aliphatic rings. The normalized spacial score (nSPS) is 10.7. The van der Waals surface area contributed by atoms with Crippen LogP contribution in [0.15, 0.2) is 52.0 Å². The monoisotopic (exact) mass is 380 g/mol. The summed E-state index contributed by atoms with van der Waals surface area (Å²) in [4.78, 5) is 11.7. The quantitative estimate of drug-likeness (QED) is 0.630.